The third-order valence-corrected chi connectivity index (χ3v) is 5.63. The lowest BCUT2D eigenvalue weighted by Crippen LogP contribution is -2.30. The normalized spacial score (nSPS) is 14.7. The minimum Gasteiger partial charge on any atom is -0.495 e. The van der Waals surface area contributed by atoms with E-state index in [1.807, 2.05) is 19.1 Å². The highest BCUT2D eigenvalue weighted by molar-refractivity contribution is 6.05. The fourth-order valence-electron chi connectivity index (χ4n) is 3.92. The van der Waals surface area contributed by atoms with Crippen LogP contribution in [0, 0.1) is 5.92 Å². The van der Waals surface area contributed by atoms with Crippen LogP contribution in [-0.2, 0) is 11.2 Å². The number of Topliss-reactive ketones (excluding diaryl/α,β-unsaturated/α-hetero) is 1. The summed E-state index contributed by atoms with van der Waals surface area (Å²) in [4.78, 5) is 25.7. The lowest BCUT2D eigenvalue weighted by Gasteiger charge is -2.27. The van der Waals surface area contributed by atoms with E-state index in [1.165, 1.54) is 21.3 Å². The highest BCUT2D eigenvalue weighted by atomic mass is 16.5. The molecule has 1 heterocycles. The van der Waals surface area contributed by atoms with E-state index in [2.05, 4.69) is 5.32 Å². The molecule has 2 aromatic carbocycles. The molecule has 178 valence electrons. The van der Waals surface area contributed by atoms with Gasteiger partial charge in [-0.25, -0.2) is 0 Å². The first-order chi connectivity index (χ1) is 16.0. The summed E-state index contributed by atoms with van der Waals surface area (Å²) in [5, 5.41) is 2.92. The Hall–Kier alpha value is -3.42. The average molecular weight is 458 g/mol. The Morgan fingerprint density at radius 2 is 1.76 bits per heavy atom. The lowest BCUT2D eigenvalue weighted by molar-refractivity contribution is -0.116. The maximum atomic E-state index is 13.4. The van der Waals surface area contributed by atoms with Crippen molar-refractivity contribution in [1.29, 1.82) is 0 Å². The predicted molar refractivity (Wildman–Crippen MR) is 124 cm³/mol. The first-order valence-electron chi connectivity index (χ1n) is 10.9. The van der Waals surface area contributed by atoms with Gasteiger partial charge in [-0.1, -0.05) is 19.4 Å². The number of benzene rings is 2. The first kappa shape index (κ1) is 24.2. The van der Waals surface area contributed by atoms with E-state index in [0.717, 1.165) is 18.4 Å². The van der Waals surface area contributed by atoms with Crippen molar-refractivity contribution in [2.75, 3.05) is 40.4 Å². The molecule has 2 aromatic rings. The molecule has 0 fully saturated rings. The zero-order valence-electron chi connectivity index (χ0n) is 19.8. The monoisotopic (exact) mass is 457 g/mol. The van der Waals surface area contributed by atoms with Gasteiger partial charge in [-0.3, -0.25) is 9.59 Å². The summed E-state index contributed by atoms with van der Waals surface area (Å²) in [7, 11) is 6.04. The molecule has 0 spiro atoms. The van der Waals surface area contributed by atoms with Crippen LogP contribution in [0.5, 0.6) is 28.7 Å². The van der Waals surface area contributed by atoms with Crippen LogP contribution in [-0.4, -0.2) is 46.7 Å². The number of ketones is 1. The minimum atomic E-state index is -0.429. The van der Waals surface area contributed by atoms with Gasteiger partial charge in [-0.15, -0.1) is 0 Å². The van der Waals surface area contributed by atoms with E-state index in [-0.39, 0.29) is 18.3 Å². The van der Waals surface area contributed by atoms with Crippen LogP contribution in [0.25, 0.3) is 0 Å². The highest BCUT2D eigenvalue weighted by Crippen LogP contribution is 2.47. The first-order valence-corrected chi connectivity index (χ1v) is 10.9. The Balaban J connectivity index is 1.87. The largest absolute Gasteiger partial charge is 0.495 e. The van der Waals surface area contributed by atoms with Crippen molar-refractivity contribution < 1.29 is 33.3 Å². The Labute approximate surface area is 194 Å². The standard InChI is InChI=1S/C25H31NO7/c1-6-7-8-21(27)26-17-12-15(9-10-18(17)29-2)11-16-14-33-19-13-20(30-3)24(31-4)25(32-5)22(19)23(16)28/h9-10,12-13,16H,6-8,11,14H2,1-5H3,(H,26,27). The third-order valence-electron chi connectivity index (χ3n) is 5.63. The number of rotatable bonds is 10. The van der Waals surface area contributed by atoms with E-state index in [4.69, 9.17) is 23.7 Å². The number of anilines is 1. The number of fused-ring (bicyclic) bond motifs is 1. The molecular formula is C25H31NO7. The Morgan fingerprint density at radius 1 is 1.03 bits per heavy atom. The van der Waals surface area contributed by atoms with Gasteiger partial charge in [0, 0.05) is 12.5 Å². The molecule has 1 N–H and O–H groups in total. The van der Waals surface area contributed by atoms with Crippen molar-refractivity contribution in [2.45, 2.75) is 32.6 Å². The van der Waals surface area contributed by atoms with Crippen LogP contribution >= 0.6 is 0 Å². The van der Waals surface area contributed by atoms with Gasteiger partial charge >= 0.3 is 0 Å². The van der Waals surface area contributed by atoms with Crippen LogP contribution in [0.15, 0.2) is 24.3 Å². The molecule has 1 aliphatic heterocycles. The number of ether oxygens (including phenoxy) is 5. The Kier molecular flexibility index (Phi) is 8.03. The van der Waals surface area contributed by atoms with Gasteiger partial charge in [0.05, 0.1) is 46.7 Å². The summed E-state index contributed by atoms with van der Waals surface area (Å²) in [6.45, 7) is 2.26. The van der Waals surface area contributed by atoms with Gasteiger partial charge in [-0.05, 0) is 30.5 Å². The fraction of sp³-hybridized carbons (Fsp3) is 0.440. The summed E-state index contributed by atoms with van der Waals surface area (Å²) < 4.78 is 27.6. The second-order valence-corrected chi connectivity index (χ2v) is 7.78. The van der Waals surface area contributed by atoms with E-state index < -0.39 is 5.92 Å². The fourth-order valence-corrected chi connectivity index (χ4v) is 3.92. The number of unbranched alkanes of at least 4 members (excludes halogenated alkanes) is 1. The zero-order chi connectivity index (χ0) is 24.0. The van der Waals surface area contributed by atoms with Crippen LogP contribution in [0.3, 0.4) is 0 Å². The Morgan fingerprint density at radius 3 is 2.39 bits per heavy atom. The number of hydrogen-bond acceptors (Lipinski definition) is 7. The van der Waals surface area contributed by atoms with Crippen LogP contribution in [0.1, 0.15) is 42.1 Å². The zero-order valence-corrected chi connectivity index (χ0v) is 19.8. The second-order valence-electron chi connectivity index (χ2n) is 7.78. The summed E-state index contributed by atoms with van der Waals surface area (Å²) in [5.74, 6) is 1.45. The van der Waals surface area contributed by atoms with Crippen LogP contribution < -0.4 is 29.0 Å². The molecule has 8 heteroatoms. The van der Waals surface area contributed by atoms with E-state index in [0.29, 0.717) is 52.8 Å². The van der Waals surface area contributed by atoms with Gasteiger partial charge in [0.15, 0.2) is 17.3 Å². The maximum absolute atomic E-state index is 13.4. The molecule has 3 rings (SSSR count). The molecule has 0 aliphatic carbocycles. The van der Waals surface area contributed by atoms with Gasteiger partial charge in [0.2, 0.25) is 11.7 Å². The lowest BCUT2D eigenvalue weighted by atomic mass is 9.88. The number of hydrogen-bond donors (Lipinski definition) is 1. The highest BCUT2D eigenvalue weighted by Gasteiger charge is 2.35. The third kappa shape index (κ3) is 5.16. The molecule has 0 saturated carbocycles. The summed E-state index contributed by atoms with van der Waals surface area (Å²) >= 11 is 0. The Bertz CT molecular complexity index is 1020. The van der Waals surface area contributed by atoms with E-state index in [9.17, 15) is 9.59 Å². The van der Waals surface area contributed by atoms with Crippen molar-refractivity contribution in [3.63, 3.8) is 0 Å². The minimum absolute atomic E-state index is 0.0657. The molecular weight excluding hydrogens is 426 g/mol. The van der Waals surface area contributed by atoms with Crippen molar-refractivity contribution in [3.8, 4) is 28.7 Å². The number of carbonyl (C=O) groups is 2. The molecule has 1 amide bonds. The topological polar surface area (TPSA) is 92.3 Å². The molecule has 0 aromatic heterocycles. The second kappa shape index (κ2) is 10.9. The predicted octanol–water partition coefficient (Wildman–Crippen LogP) is 4.28. The van der Waals surface area contributed by atoms with Crippen LogP contribution in [0.2, 0.25) is 0 Å². The molecule has 0 bridgehead atoms. The van der Waals surface area contributed by atoms with E-state index in [1.54, 1.807) is 19.2 Å². The number of amides is 1. The van der Waals surface area contributed by atoms with Crippen molar-refractivity contribution in [1.82, 2.24) is 0 Å². The van der Waals surface area contributed by atoms with Gasteiger partial charge in [-0.2, -0.15) is 0 Å². The summed E-state index contributed by atoms with van der Waals surface area (Å²) in [6.07, 6.45) is 2.63. The number of carbonyl (C=O) groups excluding carboxylic acids is 2. The number of nitrogens with one attached hydrogen (secondary N) is 1. The summed E-state index contributed by atoms with van der Waals surface area (Å²) in [5.41, 5.74) is 1.81. The maximum Gasteiger partial charge on any atom is 0.224 e. The average Bonchev–Trinajstić information content (AvgIpc) is 2.83. The molecule has 33 heavy (non-hydrogen) atoms. The molecule has 1 unspecified atom stereocenters. The quantitative estimate of drug-likeness (QED) is 0.569. The number of methoxy groups -OCH3 is 4. The molecule has 1 atom stereocenters. The van der Waals surface area contributed by atoms with Crippen molar-refractivity contribution in [3.05, 3.63) is 35.4 Å². The molecule has 1 aliphatic rings. The van der Waals surface area contributed by atoms with Crippen LogP contribution in [0.4, 0.5) is 5.69 Å². The smallest absolute Gasteiger partial charge is 0.224 e. The molecule has 0 radical (unpaired) electrons. The van der Waals surface area contributed by atoms with Gasteiger partial charge in [0.1, 0.15) is 17.1 Å². The van der Waals surface area contributed by atoms with Gasteiger partial charge < -0.3 is 29.0 Å². The van der Waals surface area contributed by atoms with E-state index >= 15 is 0 Å². The molecule has 0 saturated heterocycles. The van der Waals surface area contributed by atoms with Crippen molar-refractivity contribution >= 4 is 17.4 Å². The SMILES string of the molecule is CCCCC(=O)Nc1cc(CC2COc3cc(OC)c(OC)c(OC)c3C2=O)ccc1OC. The van der Waals surface area contributed by atoms with Gasteiger partial charge in [0.25, 0.3) is 0 Å². The summed E-state index contributed by atoms with van der Waals surface area (Å²) in [6, 6.07) is 7.16. The van der Waals surface area contributed by atoms with Crippen molar-refractivity contribution in [2.24, 2.45) is 5.92 Å². The molecule has 8 nitrogen and oxygen atoms in total.